The van der Waals surface area contributed by atoms with Gasteiger partial charge in [0.1, 0.15) is 0 Å². The Morgan fingerprint density at radius 1 is 1.06 bits per heavy atom. The van der Waals surface area contributed by atoms with Gasteiger partial charge in [-0.3, -0.25) is 0 Å². The van der Waals surface area contributed by atoms with E-state index in [0.29, 0.717) is 11.1 Å². The molecular formula is C13H13NOSe. The standard InChI is InChI=1S/C13H13NOSe/c15-13(8-11-14-9-4-5-10-14)16-12-6-2-1-3-7-12/h1-7,9-10H,8,11H2. The van der Waals surface area contributed by atoms with Crippen LogP contribution in [0.3, 0.4) is 0 Å². The van der Waals surface area contributed by atoms with Gasteiger partial charge < -0.3 is 0 Å². The maximum absolute atomic E-state index is 11.7. The van der Waals surface area contributed by atoms with E-state index in [0.717, 1.165) is 11.0 Å². The van der Waals surface area contributed by atoms with Gasteiger partial charge in [-0.15, -0.1) is 0 Å². The predicted molar refractivity (Wildman–Crippen MR) is 65.9 cm³/mol. The molecule has 0 saturated carbocycles. The minimum absolute atomic E-state index is 0.0333. The fraction of sp³-hybridized carbons (Fsp3) is 0.154. The van der Waals surface area contributed by atoms with Crippen molar-refractivity contribution >= 4 is 24.1 Å². The number of hydrogen-bond donors (Lipinski definition) is 0. The summed E-state index contributed by atoms with van der Waals surface area (Å²) in [5.74, 6) is 0. The van der Waals surface area contributed by atoms with Gasteiger partial charge in [0.25, 0.3) is 0 Å². The first-order chi connectivity index (χ1) is 7.84. The average Bonchev–Trinajstić information content (AvgIpc) is 2.81. The summed E-state index contributed by atoms with van der Waals surface area (Å²) >= 11 is -0.0333. The van der Waals surface area contributed by atoms with Gasteiger partial charge in [-0.2, -0.15) is 0 Å². The number of aryl methyl sites for hydroxylation is 1. The van der Waals surface area contributed by atoms with Crippen LogP contribution in [0.5, 0.6) is 0 Å². The van der Waals surface area contributed by atoms with Gasteiger partial charge in [-0.25, -0.2) is 0 Å². The van der Waals surface area contributed by atoms with E-state index in [4.69, 9.17) is 0 Å². The van der Waals surface area contributed by atoms with Crippen molar-refractivity contribution in [3.05, 3.63) is 54.9 Å². The molecule has 0 aliphatic rings. The van der Waals surface area contributed by atoms with Gasteiger partial charge in [-0.1, -0.05) is 0 Å². The average molecular weight is 278 g/mol. The molecule has 0 N–H and O–H groups in total. The second kappa shape index (κ2) is 5.69. The van der Waals surface area contributed by atoms with Crippen LogP contribution in [-0.4, -0.2) is 24.2 Å². The zero-order valence-electron chi connectivity index (χ0n) is 8.87. The number of carbonyl (C=O) groups excluding carboxylic acids is 1. The summed E-state index contributed by atoms with van der Waals surface area (Å²) < 4.78 is 3.55. The normalized spacial score (nSPS) is 10.2. The van der Waals surface area contributed by atoms with Crippen LogP contribution in [0.2, 0.25) is 0 Å². The summed E-state index contributed by atoms with van der Waals surface area (Å²) in [5.41, 5.74) is 0. The Balaban J connectivity index is 1.81. The van der Waals surface area contributed by atoms with Crippen molar-refractivity contribution in [2.45, 2.75) is 13.0 Å². The van der Waals surface area contributed by atoms with E-state index >= 15 is 0 Å². The van der Waals surface area contributed by atoms with Crippen molar-refractivity contribution in [2.24, 2.45) is 0 Å². The predicted octanol–water partition coefficient (Wildman–Crippen LogP) is 1.43. The Hall–Kier alpha value is -1.31. The number of hydrogen-bond acceptors (Lipinski definition) is 1. The number of rotatable bonds is 5. The molecule has 1 heterocycles. The summed E-state index contributed by atoms with van der Waals surface area (Å²) in [6, 6.07) is 13.9. The van der Waals surface area contributed by atoms with E-state index in [1.165, 1.54) is 0 Å². The van der Waals surface area contributed by atoms with Crippen molar-refractivity contribution in [3.63, 3.8) is 0 Å². The topological polar surface area (TPSA) is 22.0 Å². The Morgan fingerprint density at radius 2 is 1.75 bits per heavy atom. The molecule has 0 fully saturated rings. The van der Waals surface area contributed by atoms with Crippen LogP contribution in [0.15, 0.2) is 54.9 Å². The first kappa shape index (κ1) is 11.2. The van der Waals surface area contributed by atoms with Crippen LogP contribution in [0.25, 0.3) is 0 Å². The molecule has 16 heavy (non-hydrogen) atoms. The Bertz CT molecular complexity index is 436. The molecule has 2 aromatic rings. The zero-order valence-corrected chi connectivity index (χ0v) is 10.6. The van der Waals surface area contributed by atoms with E-state index in [1.807, 2.05) is 59.4 Å². The Morgan fingerprint density at radius 3 is 2.44 bits per heavy atom. The van der Waals surface area contributed by atoms with E-state index in [-0.39, 0.29) is 15.0 Å². The second-order valence-corrected chi connectivity index (χ2v) is 5.83. The monoisotopic (exact) mass is 279 g/mol. The third-order valence-corrected chi connectivity index (χ3v) is 4.19. The molecule has 0 unspecified atom stereocenters. The SMILES string of the molecule is O=C(CCn1cccc1)[Se]c1ccccc1. The molecular weight excluding hydrogens is 265 g/mol. The van der Waals surface area contributed by atoms with Crippen LogP contribution in [0.1, 0.15) is 6.42 Å². The molecule has 1 aromatic carbocycles. The summed E-state index contributed by atoms with van der Waals surface area (Å²) in [4.78, 5) is 11.7. The molecule has 0 saturated heterocycles. The fourth-order valence-corrected chi connectivity index (χ4v) is 2.98. The van der Waals surface area contributed by atoms with Gasteiger partial charge in [0.2, 0.25) is 0 Å². The van der Waals surface area contributed by atoms with Gasteiger partial charge in [-0.05, 0) is 0 Å². The van der Waals surface area contributed by atoms with Gasteiger partial charge >= 0.3 is 101 Å². The van der Waals surface area contributed by atoms with Crippen LogP contribution in [0.4, 0.5) is 0 Å². The molecule has 2 nitrogen and oxygen atoms in total. The molecule has 82 valence electrons. The summed E-state index contributed by atoms with van der Waals surface area (Å²) in [6.07, 6.45) is 4.61. The van der Waals surface area contributed by atoms with Crippen molar-refractivity contribution in [3.8, 4) is 0 Å². The number of carbonyl (C=O) groups is 1. The van der Waals surface area contributed by atoms with E-state index in [1.54, 1.807) is 0 Å². The van der Waals surface area contributed by atoms with E-state index in [9.17, 15) is 4.79 Å². The Labute approximate surface area is 101 Å². The maximum atomic E-state index is 11.7. The van der Waals surface area contributed by atoms with Crippen LogP contribution >= 0.6 is 0 Å². The molecule has 0 atom stereocenters. The number of aromatic nitrogens is 1. The van der Waals surface area contributed by atoms with Crippen molar-refractivity contribution < 1.29 is 4.79 Å². The van der Waals surface area contributed by atoms with Gasteiger partial charge in [0.05, 0.1) is 0 Å². The molecule has 0 bridgehead atoms. The third-order valence-electron chi connectivity index (χ3n) is 2.22. The van der Waals surface area contributed by atoms with Crippen molar-refractivity contribution in [1.82, 2.24) is 4.57 Å². The minimum atomic E-state index is -0.0333. The molecule has 3 heteroatoms. The molecule has 0 spiro atoms. The van der Waals surface area contributed by atoms with Gasteiger partial charge in [0.15, 0.2) is 0 Å². The summed E-state index contributed by atoms with van der Waals surface area (Å²) in [6.45, 7) is 0.792. The van der Waals surface area contributed by atoms with Crippen LogP contribution < -0.4 is 4.46 Å². The van der Waals surface area contributed by atoms with Crippen molar-refractivity contribution in [1.29, 1.82) is 0 Å². The summed E-state index contributed by atoms with van der Waals surface area (Å²) in [7, 11) is 0. The van der Waals surface area contributed by atoms with E-state index < -0.39 is 0 Å². The third kappa shape index (κ3) is 3.37. The molecule has 0 aliphatic carbocycles. The Kier molecular flexibility index (Phi) is 3.97. The molecule has 0 radical (unpaired) electrons. The molecule has 0 aliphatic heterocycles. The van der Waals surface area contributed by atoms with E-state index in [2.05, 4.69) is 0 Å². The summed E-state index contributed by atoms with van der Waals surface area (Å²) in [5, 5.41) is 0. The van der Waals surface area contributed by atoms with Crippen LogP contribution in [-0.2, 0) is 11.3 Å². The van der Waals surface area contributed by atoms with Crippen molar-refractivity contribution in [2.75, 3.05) is 0 Å². The fourth-order valence-electron chi connectivity index (χ4n) is 1.41. The van der Waals surface area contributed by atoms with Gasteiger partial charge in [0, 0.05) is 0 Å². The molecule has 0 amide bonds. The quantitative estimate of drug-likeness (QED) is 0.758. The second-order valence-electron chi connectivity index (χ2n) is 3.46. The van der Waals surface area contributed by atoms with Crippen LogP contribution in [0, 0.1) is 0 Å². The zero-order chi connectivity index (χ0) is 11.2. The molecule has 1 aromatic heterocycles. The first-order valence-electron chi connectivity index (χ1n) is 5.21. The molecule has 2 rings (SSSR count). The first-order valence-corrected chi connectivity index (χ1v) is 6.92. The number of nitrogens with zero attached hydrogens (tertiary/aromatic N) is 1. The number of benzene rings is 1.